The molecule has 24 heavy (non-hydrogen) atoms. The average Bonchev–Trinajstić information content (AvgIpc) is 2.52. The molecule has 0 rings (SSSR count). The van der Waals surface area contributed by atoms with Crippen molar-refractivity contribution in [3.63, 3.8) is 0 Å². The maximum atomic E-state index is 10.7. The van der Waals surface area contributed by atoms with Gasteiger partial charge in [-0.25, -0.2) is 0 Å². The minimum absolute atomic E-state index is 0.0513. The zero-order valence-electron chi connectivity index (χ0n) is 15.6. The van der Waals surface area contributed by atoms with Gasteiger partial charge < -0.3 is 14.9 Å². The standard InChI is InChI=1S/C19H41O4P/c20-18-16-14-12-10-8-6-4-2-1-3-5-7-9-11-13-15-17-19-24(21,22)23/h20H,1-19H2,(H2,21,22,23). The normalized spacial score (nSPS) is 12.0. The highest BCUT2D eigenvalue weighted by atomic mass is 31.2. The van der Waals surface area contributed by atoms with Gasteiger partial charge >= 0.3 is 7.60 Å². The van der Waals surface area contributed by atoms with Crippen LogP contribution in [-0.2, 0) is 4.57 Å². The van der Waals surface area contributed by atoms with Crippen LogP contribution in [0.3, 0.4) is 0 Å². The molecule has 0 aromatic heterocycles. The molecule has 0 aliphatic heterocycles. The van der Waals surface area contributed by atoms with E-state index in [2.05, 4.69) is 0 Å². The van der Waals surface area contributed by atoms with Crippen LogP contribution in [0, 0.1) is 0 Å². The van der Waals surface area contributed by atoms with Gasteiger partial charge in [-0.1, -0.05) is 96.3 Å². The Bertz CT molecular complexity index is 291. The molecule has 0 aromatic rings. The first kappa shape index (κ1) is 24.1. The summed E-state index contributed by atoms with van der Waals surface area (Å²) < 4.78 is 10.7. The molecule has 0 unspecified atom stereocenters. The molecule has 0 radical (unpaired) electrons. The maximum absolute atomic E-state index is 10.7. The van der Waals surface area contributed by atoms with E-state index >= 15 is 0 Å². The van der Waals surface area contributed by atoms with Crippen molar-refractivity contribution in [2.75, 3.05) is 12.8 Å². The first-order chi connectivity index (χ1) is 11.6. The van der Waals surface area contributed by atoms with E-state index in [-0.39, 0.29) is 6.16 Å². The van der Waals surface area contributed by atoms with Crippen LogP contribution in [0.15, 0.2) is 0 Å². The van der Waals surface area contributed by atoms with Crippen molar-refractivity contribution in [2.45, 2.75) is 109 Å². The van der Waals surface area contributed by atoms with Crippen molar-refractivity contribution in [1.82, 2.24) is 0 Å². The molecule has 0 atom stereocenters. The van der Waals surface area contributed by atoms with E-state index in [0.29, 0.717) is 13.0 Å². The van der Waals surface area contributed by atoms with E-state index in [0.717, 1.165) is 19.3 Å². The highest BCUT2D eigenvalue weighted by Gasteiger charge is 2.10. The SMILES string of the molecule is O=P(O)(O)CCCCCCCCCCCCCCCCCCCO. The van der Waals surface area contributed by atoms with Crippen molar-refractivity contribution in [3.05, 3.63) is 0 Å². The molecule has 0 spiro atoms. The largest absolute Gasteiger partial charge is 0.396 e. The summed E-state index contributed by atoms with van der Waals surface area (Å²) >= 11 is 0. The first-order valence-corrected chi connectivity index (χ1v) is 12.0. The summed E-state index contributed by atoms with van der Waals surface area (Å²) in [5, 5.41) is 8.69. The van der Waals surface area contributed by atoms with Crippen molar-refractivity contribution >= 4 is 7.60 Å². The molecule has 0 saturated heterocycles. The molecule has 0 aromatic carbocycles. The highest BCUT2D eigenvalue weighted by molar-refractivity contribution is 7.51. The fraction of sp³-hybridized carbons (Fsp3) is 1.00. The zero-order chi connectivity index (χ0) is 17.9. The number of aliphatic hydroxyl groups is 1. The third-order valence-electron chi connectivity index (χ3n) is 4.61. The quantitative estimate of drug-likeness (QED) is 0.200. The maximum Gasteiger partial charge on any atom is 0.325 e. The van der Waals surface area contributed by atoms with Crippen molar-refractivity contribution < 1.29 is 19.5 Å². The van der Waals surface area contributed by atoms with Crippen LogP contribution in [-0.4, -0.2) is 27.7 Å². The van der Waals surface area contributed by atoms with E-state index < -0.39 is 7.60 Å². The predicted octanol–water partition coefficient (Wildman–Crippen LogP) is 5.79. The zero-order valence-corrected chi connectivity index (χ0v) is 16.5. The van der Waals surface area contributed by atoms with Crippen LogP contribution in [0.25, 0.3) is 0 Å². The predicted molar refractivity (Wildman–Crippen MR) is 102 cm³/mol. The number of unbranched alkanes of at least 4 members (excludes halogenated alkanes) is 16. The molecule has 0 aliphatic rings. The molecule has 0 heterocycles. The third kappa shape index (κ3) is 22.1. The average molecular weight is 365 g/mol. The van der Waals surface area contributed by atoms with Gasteiger partial charge in [-0.2, -0.15) is 0 Å². The molecule has 4 nitrogen and oxygen atoms in total. The molecule has 0 fully saturated rings. The molecule has 0 aliphatic carbocycles. The summed E-state index contributed by atoms with van der Waals surface area (Å²) in [6, 6.07) is 0. The Morgan fingerprint density at radius 2 is 0.708 bits per heavy atom. The van der Waals surface area contributed by atoms with Gasteiger partial charge in [0.15, 0.2) is 0 Å². The van der Waals surface area contributed by atoms with Gasteiger partial charge in [-0.3, -0.25) is 4.57 Å². The molecule has 0 amide bonds. The topological polar surface area (TPSA) is 77.8 Å². The number of hydrogen-bond acceptors (Lipinski definition) is 2. The lowest BCUT2D eigenvalue weighted by molar-refractivity contribution is 0.282. The fourth-order valence-electron chi connectivity index (χ4n) is 3.08. The second-order valence-electron chi connectivity index (χ2n) is 7.12. The Hall–Kier alpha value is 0.110. The van der Waals surface area contributed by atoms with Crippen LogP contribution >= 0.6 is 7.60 Å². The van der Waals surface area contributed by atoms with E-state index in [9.17, 15) is 4.57 Å². The Kier molecular flexibility index (Phi) is 18.0. The van der Waals surface area contributed by atoms with Gasteiger partial charge in [0, 0.05) is 12.8 Å². The summed E-state index contributed by atoms with van der Waals surface area (Å²) in [7, 11) is -3.77. The summed E-state index contributed by atoms with van der Waals surface area (Å²) in [4.78, 5) is 17.5. The number of aliphatic hydroxyl groups excluding tert-OH is 1. The molecular weight excluding hydrogens is 323 g/mol. The van der Waals surface area contributed by atoms with Crippen LogP contribution in [0.2, 0.25) is 0 Å². The van der Waals surface area contributed by atoms with Crippen LogP contribution < -0.4 is 0 Å². The van der Waals surface area contributed by atoms with Crippen molar-refractivity contribution in [3.8, 4) is 0 Å². The smallest absolute Gasteiger partial charge is 0.325 e. The minimum atomic E-state index is -3.77. The summed E-state index contributed by atoms with van der Waals surface area (Å²) in [6.07, 6.45) is 20.8. The minimum Gasteiger partial charge on any atom is -0.396 e. The highest BCUT2D eigenvalue weighted by Crippen LogP contribution is 2.35. The summed E-state index contributed by atoms with van der Waals surface area (Å²) in [5.41, 5.74) is 0. The monoisotopic (exact) mass is 364 g/mol. The molecular formula is C19H41O4P. The van der Waals surface area contributed by atoms with Crippen molar-refractivity contribution in [1.29, 1.82) is 0 Å². The summed E-state index contributed by atoms with van der Waals surface area (Å²) in [6.45, 7) is 0.344. The van der Waals surface area contributed by atoms with E-state index in [1.807, 2.05) is 0 Å². The second kappa shape index (κ2) is 17.9. The van der Waals surface area contributed by atoms with Gasteiger partial charge in [-0.15, -0.1) is 0 Å². The van der Waals surface area contributed by atoms with E-state index in [1.54, 1.807) is 0 Å². The molecule has 0 bridgehead atoms. The lowest BCUT2D eigenvalue weighted by Crippen LogP contribution is -1.88. The van der Waals surface area contributed by atoms with Crippen molar-refractivity contribution in [2.24, 2.45) is 0 Å². The van der Waals surface area contributed by atoms with E-state index in [4.69, 9.17) is 14.9 Å². The molecule has 3 N–H and O–H groups in total. The Morgan fingerprint density at radius 3 is 0.958 bits per heavy atom. The fourth-order valence-corrected chi connectivity index (χ4v) is 3.72. The lowest BCUT2D eigenvalue weighted by Gasteiger charge is -2.04. The van der Waals surface area contributed by atoms with Gasteiger partial charge in [0.2, 0.25) is 0 Å². The molecule has 0 saturated carbocycles. The Labute approximate surface area is 149 Å². The Morgan fingerprint density at radius 1 is 0.458 bits per heavy atom. The van der Waals surface area contributed by atoms with Crippen LogP contribution in [0.1, 0.15) is 109 Å². The Balaban J connectivity index is 3.02. The van der Waals surface area contributed by atoms with Crippen LogP contribution in [0.5, 0.6) is 0 Å². The van der Waals surface area contributed by atoms with E-state index in [1.165, 1.54) is 83.5 Å². The second-order valence-corrected chi connectivity index (χ2v) is 8.90. The van der Waals surface area contributed by atoms with Crippen LogP contribution in [0.4, 0.5) is 0 Å². The first-order valence-electron chi connectivity index (χ1n) is 10.2. The third-order valence-corrected chi connectivity index (χ3v) is 5.51. The molecule has 146 valence electrons. The van der Waals surface area contributed by atoms with Gasteiger partial charge in [0.05, 0.1) is 0 Å². The van der Waals surface area contributed by atoms with Gasteiger partial charge in [0.25, 0.3) is 0 Å². The number of hydrogen-bond donors (Lipinski definition) is 3. The number of rotatable bonds is 19. The van der Waals surface area contributed by atoms with Gasteiger partial charge in [0.1, 0.15) is 0 Å². The lowest BCUT2D eigenvalue weighted by atomic mass is 10.0. The van der Waals surface area contributed by atoms with Gasteiger partial charge in [-0.05, 0) is 12.8 Å². The summed E-state index contributed by atoms with van der Waals surface area (Å²) in [5.74, 6) is 0. The molecule has 5 heteroatoms.